The zero-order chi connectivity index (χ0) is 45.9. The fourth-order valence-electron chi connectivity index (χ4n) is 18.4. The summed E-state index contributed by atoms with van der Waals surface area (Å²) >= 11 is 0. The molecule has 3 aromatic heterocycles. The van der Waals surface area contributed by atoms with Gasteiger partial charge >= 0.3 is 0 Å². The van der Waals surface area contributed by atoms with Crippen molar-refractivity contribution in [1.29, 1.82) is 0 Å². The summed E-state index contributed by atoms with van der Waals surface area (Å²) in [6.45, 7) is 8.08. The molecule has 67 heavy (non-hydrogen) atoms. The molecule has 0 saturated heterocycles. The number of carbonyl (C=O) groups is 2. The number of aliphatic hydroxyl groups is 2. The quantitative estimate of drug-likeness (QED) is 0.149. The molecule has 12 heteroatoms. The Hall–Kier alpha value is -3.61. The largest absolute Gasteiger partial charge is 0.390 e. The molecule has 0 amide bonds. The molecule has 0 unspecified atom stereocenters. The zero-order valence-corrected chi connectivity index (χ0v) is 40.4. The molecule has 12 nitrogen and oxygen atoms in total. The van der Waals surface area contributed by atoms with Crippen molar-refractivity contribution >= 4 is 33.6 Å². The van der Waals surface area contributed by atoms with Crippen molar-refractivity contribution in [2.45, 2.75) is 174 Å². The van der Waals surface area contributed by atoms with E-state index in [1.807, 2.05) is 30.3 Å². The molecule has 16 atom stereocenters. The van der Waals surface area contributed by atoms with Crippen LogP contribution in [0.25, 0.3) is 22.1 Å². The van der Waals surface area contributed by atoms with Gasteiger partial charge in [-0.2, -0.15) is 15.0 Å². The number of ether oxygens (including phenoxy) is 1. The number of Topliss-reactive ketones (excluding diaryl/α,β-unsaturated/α-hetero) is 2. The van der Waals surface area contributed by atoms with E-state index < -0.39 is 11.2 Å². The van der Waals surface area contributed by atoms with Gasteiger partial charge in [0.1, 0.15) is 29.6 Å². The normalized spacial score (nSPS) is 42.3. The standard InChI is InChI=1S/C55H75N7O5/c1-4-54(65)23-19-36-33(26-54)9-11-40-38(36)18-22-53(3)43(40)14-16-45(53)51(64)30-62-58-47-25-35(56-28-48(47)59-62)31-67-32-55(66)24-20-37-34(27-55)10-12-41-39(37)17-21-52(2)42(41)13-15-44(52)50(63)29-61-49-8-6-5-7-46(49)57-60-61/h5-8,25,28,33-34,36-45,65-66H,4,9-24,26-27,29-32H2,1-3H3/t33-,34-,36+,37+,38-,39-,40-,41-,42+,43+,44-,45-,52+,53+,54-,55-/m1/s1. The third kappa shape index (κ3) is 7.57. The minimum absolute atomic E-state index is 0.0443. The number of fused-ring (bicyclic) bond motifs is 12. The number of benzene rings is 1. The van der Waals surface area contributed by atoms with E-state index >= 15 is 0 Å². The topological polar surface area (TPSA) is 158 Å². The Morgan fingerprint density at radius 3 is 1.94 bits per heavy atom. The van der Waals surface area contributed by atoms with Crippen LogP contribution in [0.5, 0.6) is 0 Å². The molecule has 3 heterocycles. The van der Waals surface area contributed by atoms with Gasteiger partial charge in [0, 0.05) is 11.8 Å². The van der Waals surface area contributed by atoms with Gasteiger partial charge < -0.3 is 14.9 Å². The molecular weight excluding hydrogens is 839 g/mol. The van der Waals surface area contributed by atoms with E-state index in [4.69, 9.17) is 14.9 Å². The molecule has 2 N–H and O–H groups in total. The minimum Gasteiger partial charge on any atom is -0.390 e. The predicted molar refractivity (Wildman–Crippen MR) is 254 cm³/mol. The second-order valence-corrected chi connectivity index (χ2v) is 24.6. The Morgan fingerprint density at radius 1 is 0.672 bits per heavy atom. The van der Waals surface area contributed by atoms with Crippen LogP contribution in [-0.2, 0) is 34.0 Å². The van der Waals surface area contributed by atoms with Crippen molar-refractivity contribution < 1.29 is 24.5 Å². The van der Waals surface area contributed by atoms with Crippen molar-refractivity contribution in [2.24, 2.45) is 81.8 Å². The first kappa shape index (κ1) is 44.6. The number of ketones is 2. The average Bonchev–Trinajstić information content (AvgIpc) is 4.10. The van der Waals surface area contributed by atoms with Crippen molar-refractivity contribution in [2.75, 3.05) is 6.61 Å². The Balaban J connectivity index is 0.626. The van der Waals surface area contributed by atoms with E-state index in [1.165, 1.54) is 38.5 Å². The summed E-state index contributed by atoms with van der Waals surface area (Å²) in [4.78, 5) is 34.4. The van der Waals surface area contributed by atoms with Gasteiger partial charge in [-0.3, -0.25) is 14.6 Å². The molecule has 0 spiro atoms. The Labute approximate surface area is 396 Å². The summed E-state index contributed by atoms with van der Waals surface area (Å²) in [5.41, 5.74) is 2.72. The maximum atomic E-state index is 14.2. The molecule has 0 radical (unpaired) electrons. The van der Waals surface area contributed by atoms with Gasteiger partial charge in [-0.25, -0.2) is 4.68 Å². The first-order valence-electron chi connectivity index (χ1n) is 26.9. The summed E-state index contributed by atoms with van der Waals surface area (Å²) in [6, 6.07) is 9.83. The predicted octanol–water partition coefficient (Wildman–Crippen LogP) is 9.34. The molecule has 0 aliphatic heterocycles. The monoisotopic (exact) mass is 914 g/mol. The average molecular weight is 914 g/mol. The Morgan fingerprint density at radius 2 is 1.27 bits per heavy atom. The van der Waals surface area contributed by atoms with Gasteiger partial charge in [0.05, 0.1) is 41.8 Å². The SMILES string of the molecule is CC[C@@]1(O)CC[C@H]2[C@H](CC[C@@H]3[C@@H]2CC[C@]2(C)[C@@H](C(=O)Cn4nc5cnc(COC[C@@]6(O)CC[C@H]7[C@H](CC[C@@H]8[C@@H]7CC[C@]7(C)[C@@H](C(=O)Cn9nnc%10ccccc%109)CC[C@@H]87)C6)cc5n4)CC[C@@H]32)C1. The lowest BCUT2D eigenvalue weighted by Crippen LogP contribution is -2.52. The number of rotatable bonds is 11. The van der Waals surface area contributed by atoms with Crippen molar-refractivity contribution in [3.05, 3.63) is 42.2 Å². The third-order valence-electron chi connectivity index (χ3n) is 21.7. The lowest BCUT2D eigenvalue weighted by atomic mass is 9.48. The summed E-state index contributed by atoms with van der Waals surface area (Å²) < 4.78 is 8.07. The number of carbonyl (C=O) groups excluding carboxylic acids is 2. The highest BCUT2D eigenvalue weighted by Gasteiger charge is 2.61. The van der Waals surface area contributed by atoms with Gasteiger partial charge in [0.25, 0.3) is 0 Å². The number of para-hydroxylation sites is 1. The molecular formula is C55H75N7O5. The highest BCUT2D eigenvalue weighted by molar-refractivity contribution is 5.84. The maximum absolute atomic E-state index is 14.2. The first-order valence-corrected chi connectivity index (χ1v) is 26.9. The fourth-order valence-corrected chi connectivity index (χ4v) is 18.4. The van der Waals surface area contributed by atoms with Crippen LogP contribution in [0.2, 0.25) is 0 Å². The van der Waals surface area contributed by atoms with Gasteiger partial charge in [-0.1, -0.05) is 38.1 Å². The van der Waals surface area contributed by atoms with E-state index in [0.29, 0.717) is 78.4 Å². The van der Waals surface area contributed by atoms with Crippen LogP contribution >= 0.6 is 0 Å². The highest BCUT2D eigenvalue weighted by atomic mass is 16.5. The van der Waals surface area contributed by atoms with Gasteiger partial charge in [0.2, 0.25) is 0 Å². The van der Waals surface area contributed by atoms with E-state index in [0.717, 1.165) is 118 Å². The molecule has 1 aromatic carbocycles. The molecule has 8 saturated carbocycles. The Kier molecular flexibility index (Phi) is 11.2. The lowest BCUT2D eigenvalue weighted by Gasteiger charge is -2.57. The van der Waals surface area contributed by atoms with Gasteiger partial charge in [0.15, 0.2) is 11.6 Å². The summed E-state index contributed by atoms with van der Waals surface area (Å²) in [6.07, 6.45) is 22.1. The number of nitrogens with zero attached hydrogens (tertiary/aromatic N) is 7. The molecule has 8 fully saturated rings. The second-order valence-electron chi connectivity index (χ2n) is 24.6. The molecule has 8 aliphatic carbocycles. The summed E-state index contributed by atoms with van der Waals surface area (Å²) in [5.74, 6) is 7.31. The van der Waals surface area contributed by atoms with Crippen LogP contribution in [0.15, 0.2) is 36.5 Å². The van der Waals surface area contributed by atoms with Crippen molar-refractivity contribution in [3.8, 4) is 0 Å². The summed E-state index contributed by atoms with van der Waals surface area (Å²) in [7, 11) is 0. The van der Waals surface area contributed by atoms with Crippen LogP contribution in [0.4, 0.5) is 0 Å². The molecule has 0 bridgehead atoms. The number of hydrogen-bond donors (Lipinski definition) is 2. The summed E-state index contributed by atoms with van der Waals surface area (Å²) in [5, 5.41) is 41.2. The van der Waals surface area contributed by atoms with Crippen molar-refractivity contribution in [3.63, 3.8) is 0 Å². The first-order chi connectivity index (χ1) is 32.3. The van der Waals surface area contributed by atoms with Crippen molar-refractivity contribution in [1.82, 2.24) is 35.0 Å². The van der Waals surface area contributed by atoms with Crippen LogP contribution in [0.3, 0.4) is 0 Å². The van der Waals surface area contributed by atoms with E-state index in [-0.39, 0.29) is 35.0 Å². The van der Waals surface area contributed by atoms with Gasteiger partial charge in [-0.15, -0.1) is 5.10 Å². The van der Waals surface area contributed by atoms with Crippen LogP contribution in [0, 0.1) is 81.8 Å². The van der Waals surface area contributed by atoms with Gasteiger partial charge in [-0.05, 0) is 210 Å². The third-order valence-corrected chi connectivity index (χ3v) is 21.7. The molecule has 12 rings (SSSR count). The van der Waals surface area contributed by atoms with Crippen LogP contribution in [0.1, 0.15) is 148 Å². The number of pyridine rings is 1. The zero-order valence-electron chi connectivity index (χ0n) is 40.4. The lowest BCUT2D eigenvalue weighted by molar-refractivity contribution is -0.139. The van der Waals surface area contributed by atoms with Crippen LogP contribution < -0.4 is 0 Å². The molecule has 360 valence electrons. The maximum Gasteiger partial charge on any atom is 0.159 e. The Bertz CT molecular complexity index is 2520. The van der Waals surface area contributed by atoms with E-state index in [2.05, 4.69) is 36.1 Å². The second kappa shape index (κ2) is 16.8. The van der Waals surface area contributed by atoms with E-state index in [1.54, 1.807) is 15.7 Å². The smallest absolute Gasteiger partial charge is 0.159 e. The number of aromatic nitrogens is 7. The number of hydrogen-bond acceptors (Lipinski definition) is 10. The minimum atomic E-state index is -0.840. The molecule has 8 aliphatic rings. The molecule has 4 aromatic rings. The van der Waals surface area contributed by atoms with Crippen LogP contribution in [-0.4, -0.2) is 74.6 Å². The van der Waals surface area contributed by atoms with E-state index in [9.17, 15) is 19.8 Å². The highest BCUT2D eigenvalue weighted by Crippen LogP contribution is 2.66. The fraction of sp³-hybridized carbons (Fsp3) is 0.764.